The van der Waals surface area contributed by atoms with Gasteiger partial charge in [0.15, 0.2) is 0 Å². The third kappa shape index (κ3) is 3.24. The Hall–Kier alpha value is -2.01. The summed E-state index contributed by atoms with van der Waals surface area (Å²) in [5.74, 6) is 0.195. The van der Waals surface area contributed by atoms with Gasteiger partial charge in [0, 0.05) is 12.3 Å². The van der Waals surface area contributed by atoms with Gasteiger partial charge in [0.2, 0.25) is 5.91 Å². The van der Waals surface area contributed by atoms with Crippen LogP contribution in [0.15, 0.2) is 30.7 Å². The van der Waals surface area contributed by atoms with Gasteiger partial charge in [-0.1, -0.05) is 17.7 Å². The molecular weight excluding hydrogens is 252 g/mol. The molecule has 0 aromatic carbocycles. The zero-order chi connectivity index (χ0) is 13.0. The molecule has 0 unspecified atom stereocenters. The van der Waals surface area contributed by atoms with Gasteiger partial charge in [-0.3, -0.25) is 9.78 Å². The van der Waals surface area contributed by atoms with E-state index in [0.717, 1.165) is 11.3 Å². The Morgan fingerprint density at radius 1 is 1.39 bits per heavy atom. The quantitative estimate of drug-likeness (QED) is 0.860. The van der Waals surface area contributed by atoms with Crippen LogP contribution in [0.2, 0.25) is 5.15 Å². The Kier molecular flexibility index (Phi) is 3.84. The summed E-state index contributed by atoms with van der Waals surface area (Å²) < 4.78 is 0. The average Bonchev–Trinajstić information content (AvgIpc) is 2.32. The first-order chi connectivity index (χ1) is 8.65. The fourth-order valence-corrected chi connectivity index (χ4v) is 1.59. The number of carbonyl (C=O) groups is 1. The first-order valence-corrected chi connectivity index (χ1v) is 5.71. The fraction of sp³-hybridized carbons (Fsp3) is 0.167. The minimum absolute atomic E-state index is 0.188. The minimum Gasteiger partial charge on any atom is -0.310 e. The number of nitrogens with zero attached hydrogens (tertiary/aromatic N) is 3. The number of aromatic nitrogens is 3. The molecule has 6 heteroatoms. The first kappa shape index (κ1) is 12.4. The summed E-state index contributed by atoms with van der Waals surface area (Å²) in [5.41, 5.74) is 1.73. The van der Waals surface area contributed by atoms with E-state index >= 15 is 0 Å². The number of nitrogens with one attached hydrogen (secondary N) is 1. The average molecular weight is 263 g/mol. The van der Waals surface area contributed by atoms with Gasteiger partial charge in [0.25, 0.3) is 0 Å². The molecule has 5 nitrogen and oxygen atoms in total. The number of hydrogen-bond donors (Lipinski definition) is 1. The molecule has 2 heterocycles. The van der Waals surface area contributed by atoms with E-state index in [2.05, 4.69) is 20.3 Å². The Balaban J connectivity index is 2.03. The van der Waals surface area contributed by atoms with Crippen LogP contribution in [0.4, 0.5) is 5.82 Å². The molecule has 0 saturated carbocycles. The van der Waals surface area contributed by atoms with Crippen LogP contribution in [0, 0.1) is 6.92 Å². The highest BCUT2D eigenvalue weighted by molar-refractivity contribution is 6.29. The van der Waals surface area contributed by atoms with Crippen LogP contribution in [0.5, 0.6) is 0 Å². The van der Waals surface area contributed by atoms with Crippen molar-refractivity contribution >= 4 is 23.3 Å². The standard InChI is InChI=1S/C12H11ClN4O/c1-8-3-2-4-14-9(8)5-12(18)17-11-6-10(13)15-7-16-11/h2-4,6-7H,5H2,1H3,(H,15,16,17,18). The highest BCUT2D eigenvalue weighted by atomic mass is 35.5. The van der Waals surface area contributed by atoms with Crippen molar-refractivity contribution in [3.8, 4) is 0 Å². The van der Waals surface area contributed by atoms with E-state index < -0.39 is 0 Å². The third-order valence-electron chi connectivity index (χ3n) is 2.35. The SMILES string of the molecule is Cc1cccnc1CC(=O)Nc1cc(Cl)ncn1. The first-order valence-electron chi connectivity index (χ1n) is 5.33. The van der Waals surface area contributed by atoms with Gasteiger partial charge in [0.05, 0.1) is 12.1 Å². The molecule has 1 N–H and O–H groups in total. The Morgan fingerprint density at radius 3 is 2.94 bits per heavy atom. The number of anilines is 1. The summed E-state index contributed by atoms with van der Waals surface area (Å²) in [6, 6.07) is 5.24. The number of pyridine rings is 1. The van der Waals surface area contributed by atoms with E-state index in [1.807, 2.05) is 19.1 Å². The van der Waals surface area contributed by atoms with Crippen molar-refractivity contribution in [3.63, 3.8) is 0 Å². The summed E-state index contributed by atoms with van der Waals surface area (Å²) in [6.07, 6.45) is 3.16. The van der Waals surface area contributed by atoms with E-state index in [4.69, 9.17) is 11.6 Å². The van der Waals surface area contributed by atoms with Crippen LogP contribution in [-0.2, 0) is 11.2 Å². The number of amides is 1. The maximum atomic E-state index is 11.8. The maximum absolute atomic E-state index is 11.8. The number of carbonyl (C=O) groups excluding carboxylic acids is 1. The van der Waals surface area contributed by atoms with Crippen LogP contribution >= 0.6 is 11.6 Å². The molecule has 0 spiro atoms. The Bertz CT molecular complexity index is 574. The molecule has 0 bridgehead atoms. The summed E-state index contributed by atoms with van der Waals surface area (Å²) in [5, 5.41) is 2.93. The van der Waals surface area contributed by atoms with Crippen molar-refractivity contribution in [3.05, 3.63) is 47.1 Å². The smallest absolute Gasteiger partial charge is 0.231 e. The van der Waals surface area contributed by atoms with Gasteiger partial charge < -0.3 is 5.32 Å². The van der Waals surface area contributed by atoms with E-state index in [9.17, 15) is 4.79 Å². The number of halogens is 1. The van der Waals surface area contributed by atoms with Crippen LogP contribution < -0.4 is 5.32 Å². The molecule has 0 aliphatic rings. The van der Waals surface area contributed by atoms with Crippen LogP contribution in [-0.4, -0.2) is 20.9 Å². The molecule has 18 heavy (non-hydrogen) atoms. The lowest BCUT2D eigenvalue weighted by atomic mass is 10.1. The highest BCUT2D eigenvalue weighted by Gasteiger charge is 2.08. The lowest BCUT2D eigenvalue weighted by Gasteiger charge is -2.05. The van der Waals surface area contributed by atoms with Gasteiger partial charge in [-0.15, -0.1) is 0 Å². The Labute approximate surface area is 109 Å². The second-order valence-electron chi connectivity index (χ2n) is 3.72. The molecule has 1 amide bonds. The third-order valence-corrected chi connectivity index (χ3v) is 2.55. The topological polar surface area (TPSA) is 67.8 Å². The van der Waals surface area contributed by atoms with Gasteiger partial charge in [0.1, 0.15) is 17.3 Å². The zero-order valence-electron chi connectivity index (χ0n) is 9.72. The van der Waals surface area contributed by atoms with Crippen molar-refractivity contribution < 1.29 is 4.79 Å². The summed E-state index contributed by atoms with van der Waals surface area (Å²) in [6.45, 7) is 1.91. The van der Waals surface area contributed by atoms with Crippen molar-refractivity contribution in [2.75, 3.05) is 5.32 Å². The molecule has 0 saturated heterocycles. The number of aryl methyl sites for hydroxylation is 1. The zero-order valence-corrected chi connectivity index (χ0v) is 10.5. The second-order valence-corrected chi connectivity index (χ2v) is 4.11. The lowest BCUT2D eigenvalue weighted by Crippen LogP contribution is -2.16. The number of hydrogen-bond acceptors (Lipinski definition) is 4. The van der Waals surface area contributed by atoms with Crippen LogP contribution in [0.25, 0.3) is 0 Å². The van der Waals surface area contributed by atoms with E-state index in [-0.39, 0.29) is 17.5 Å². The summed E-state index contributed by atoms with van der Waals surface area (Å²) >= 11 is 5.70. The van der Waals surface area contributed by atoms with Gasteiger partial charge in [-0.25, -0.2) is 9.97 Å². The van der Waals surface area contributed by atoms with E-state index in [1.54, 1.807) is 6.20 Å². The van der Waals surface area contributed by atoms with Crippen LogP contribution in [0.1, 0.15) is 11.3 Å². The predicted octanol–water partition coefficient (Wildman–Crippen LogP) is 2.01. The number of rotatable bonds is 3. The molecule has 0 aliphatic carbocycles. The van der Waals surface area contributed by atoms with Crippen molar-refractivity contribution in [2.24, 2.45) is 0 Å². The molecule has 2 aromatic rings. The molecule has 2 aromatic heterocycles. The Morgan fingerprint density at radius 2 is 2.22 bits per heavy atom. The lowest BCUT2D eigenvalue weighted by molar-refractivity contribution is -0.115. The predicted molar refractivity (Wildman–Crippen MR) is 68.3 cm³/mol. The van der Waals surface area contributed by atoms with E-state index in [0.29, 0.717) is 5.82 Å². The minimum atomic E-state index is -0.188. The largest absolute Gasteiger partial charge is 0.310 e. The molecule has 0 aliphatic heterocycles. The normalized spacial score (nSPS) is 10.1. The molecule has 0 atom stereocenters. The monoisotopic (exact) mass is 262 g/mol. The molecule has 92 valence electrons. The van der Waals surface area contributed by atoms with Crippen molar-refractivity contribution in [2.45, 2.75) is 13.3 Å². The second kappa shape index (κ2) is 5.55. The van der Waals surface area contributed by atoms with Gasteiger partial charge >= 0.3 is 0 Å². The van der Waals surface area contributed by atoms with Crippen molar-refractivity contribution in [1.82, 2.24) is 15.0 Å². The molecule has 2 rings (SSSR count). The fourth-order valence-electron chi connectivity index (χ4n) is 1.44. The highest BCUT2D eigenvalue weighted by Crippen LogP contribution is 2.10. The van der Waals surface area contributed by atoms with Gasteiger partial charge in [-0.2, -0.15) is 0 Å². The maximum Gasteiger partial charge on any atom is 0.231 e. The van der Waals surface area contributed by atoms with Crippen molar-refractivity contribution in [1.29, 1.82) is 0 Å². The van der Waals surface area contributed by atoms with Crippen LogP contribution in [0.3, 0.4) is 0 Å². The van der Waals surface area contributed by atoms with E-state index in [1.165, 1.54) is 12.4 Å². The molecule has 0 radical (unpaired) electrons. The molecule has 0 fully saturated rings. The molecular formula is C12H11ClN4O. The summed E-state index contributed by atoms with van der Waals surface area (Å²) in [7, 11) is 0. The van der Waals surface area contributed by atoms with Gasteiger partial charge in [-0.05, 0) is 18.6 Å². The summed E-state index contributed by atoms with van der Waals surface area (Å²) in [4.78, 5) is 23.6.